The Morgan fingerprint density at radius 2 is 2.16 bits per heavy atom. The maximum Gasteiger partial charge on any atom is 0.304 e. The van der Waals surface area contributed by atoms with Crippen LogP contribution in [0.15, 0.2) is 6.20 Å². The van der Waals surface area contributed by atoms with Crippen molar-refractivity contribution < 1.29 is 16.7 Å². The number of aryl methyl sites for hydroxylation is 1. The number of nitrogens with zero attached hydrogens (tertiary/aromatic N) is 3. The minimum atomic E-state index is -4.56. The molecule has 1 aliphatic carbocycles. The molecule has 1 fully saturated rings. The van der Waals surface area contributed by atoms with Gasteiger partial charge in [-0.05, 0) is 19.8 Å². The van der Waals surface area contributed by atoms with E-state index < -0.39 is 21.6 Å². The largest absolute Gasteiger partial charge is 0.364 e. The Morgan fingerprint density at radius 3 is 2.58 bits per heavy atom. The molecule has 0 aromatic carbocycles. The molecule has 1 aliphatic rings. The van der Waals surface area contributed by atoms with E-state index in [1.54, 1.807) is 29.7 Å². The lowest BCUT2D eigenvalue weighted by Crippen LogP contribution is -2.35. The topological polar surface area (TPSA) is 55.2 Å². The van der Waals surface area contributed by atoms with E-state index in [0.29, 0.717) is 18.5 Å². The predicted molar refractivity (Wildman–Crippen MR) is 68.1 cm³/mol. The molecule has 108 valence electrons. The van der Waals surface area contributed by atoms with Crippen LogP contribution in [0.5, 0.6) is 0 Å². The minimum Gasteiger partial charge on any atom is -0.364 e. The van der Waals surface area contributed by atoms with Gasteiger partial charge in [0.05, 0.1) is 29.9 Å². The fourth-order valence-electron chi connectivity index (χ4n) is 1.94. The van der Waals surface area contributed by atoms with Crippen LogP contribution in [-0.2, 0) is 17.3 Å². The first-order valence-electron chi connectivity index (χ1n) is 6.05. The van der Waals surface area contributed by atoms with Gasteiger partial charge in [0.15, 0.2) is 0 Å². The van der Waals surface area contributed by atoms with Gasteiger partial charge in [0.25, 0.3) is 0 Å². The van der Waals surface area contributed by atoms with E-state index in [2.05, 4.69) is 5.10 Å². The lowest BCUT2D eigenvalue weighted by molar-refractivity contribution is 0.312. The molecule has 0 saturated heterocycles. The van der Waals surface area contributed by atoms with Crippen molar-refractivity contribution in [3.05, 3.63) is 11.9 Å². The van der Waals surface area contributed by atoms with Crippen molar-refractivity contribution in [2.24, 2.45) is 7.05 Å². The summed E-state index contributed by atoms with van der Waals surface area (Å²) in [5.41, 5.74) is 0.165. The molecule has 0 amide bonds. The molecular weight excluding hydrogens is 276 g/mol. The molecule has 0 spiro atoms. The average Bonchev–Trinajstić information content (AvgIpc) is 2.93. The fourth-order valence-corrected chi connectivity index (χ4v) is 2.38. The van der Waals surface area contributed by atoms with Gasteiger partial charge in [-0.1, -0.05) is 0 Å². The number of alkyl halides is 1. The summed E-state index contributed by atoms with van der Waals surface area (Å²) in [6, 6.07) is 0. The van der Waals surface area contributed by atoms with Crippen LogP contribution >= 0.6 is 0 Å². The van der Waals surface area contributed by atoms with Crippen molar-refractivity contribution in [1.82, 2.24) is 9.78 Å². The zero-order valence-corrected chi connectivity index (χ0v) is 11.8. The van der Waals surface area contributed by atoms with Crippen LogP contribution in [0.1, 0.15) is 18.5 Å². The highest BCUT2D eigenvalue weighted by atomic mass is 32.3. The maximum atomic E-state index is 13.9. The van der Waals surface area contributed by atoms with Crippen LogP contribution in [-0.4, -0.2) is 42.7 Å². The summed E-state index contributed by atoms with van der Waals surface area (Å²) >= 11 is 0. The first kappa shape index (κ1) is 14.2. The lowest BCUT2D eigenvalue weighted by atomic mass is 10.2. The molecule has 1 heterocycles. The van der Waals surface area contributed by atoms with Crippen molar-refractivity contribution in [1.29, 1.82) is 0 Å². The van der Waals surface area contributed by atoms with Crippen LogP contribution in [0.4, 0.5) is 14.0 Å². The second-order valence-corrected chi connectivity index (χ2v) is 6.54. The SMILES string of the molecule is Cc1c(N(CCS(=O)(=O)F)CC2(F)CC2)cnn1C. The monoisotopic (exact) mass is 293 g/mol. The molecule has 0 aliphatic heterocycles. The highest BCUT2D eigenvalue weighted by Crippen LogP contribution is 2.41. The van der Waals surface area contributed by atoms with E-state index in [1.165, 1.54) is 0 Å². The highest BCUT2D eigenvalue weighted by Gasteiger charge is 2.45. The Morgan fingerprint density at radius 1 is 1.53 bits per heavy atom. The number of anilines is 1. The quantitative estimate of drug-likeness (QED) is 0.743. The number of aromatic nitrogens is 2. The number of rotatable bonds is 6. The summed E-state index contributed by atoms with van der Waals surface area (Å²) in [5.74, 6) is -0.641. The molecule has 8 heteroatoms. The van der Waals surface area contributed by atoms with E-state index in [-0.39, 0.29) is 13.1 Å². The molecule has 19 heavy (non-hydrogen) atoms. The third-order valence-corrected chi connectivity index (χ3v) is 4.09. The summed E-state index contributed by atoms with van der Waals surface area (Å²) in [5, 5.41) is 4.04. The summed E-state index contributed by atoms with van der Waals surface area (Å²) in [4.78, 5) is 1.56. The summed E-state index contributed by atoms with van der Waals surface area (Å²) in [6.45, 7) is 1.81. The zero-order chi connectivity index (χ0) is 14.3. The van der Waals surface area contributed by atoms with Gasteiger partial charge in [-0.25, -0.2) is 4.39 Å². The number of hydrogen-bond acceptors (Lipinski definition) is 4. The first-order chi connectivity index (χ1) is 8.70. The third kappa shape index (κ3) is 3.65. The molecular formula is C11H17F2N3O2S. The number of halogens is 2. The minimum absolute atomic E-state index is 0.0724. The maximum absolute atomic E-state index is 13.9. The normalized spacial score (nSPS) is 17.5. The van der Waals surface area contributed by atoms with Gasteiger partial charge in [0, 0.05) is 13.6 Å². The van der Waals surface area contributed by atoms with Crippen LogP contribution in [0.3, 0.4) is 0 Å². The molecule has 0 radical (unpaired) electrons. The zero-order valence-electron chi connectivity index (χ0n) is 10.9. The van der Waals surface area contributed by atoms with E-state index >= 15 is 0 Å². The average molecular weight is 293 g/mol. The van der Waals surface area contributed by atoms with Gasteiger partial charge in [-0.3, -0.25) is 4.68 Å². The van der Waals surface area contributed by atoms with Crippen molar-refractivity contribution in [2.75, 3.05) is 23.7 Å². The van der Waals surface area contributed by atoms with E-state index in [4.69, 9.17) is 0 Å². The molecule has 1 aromatic rings. The van der Waals surface area contributed by atoms with Gasteiger partial charge in [-0.2, -0.15) is 13.5 Å². The summed E-state index contributed by atoms with van der Waals surface area (Å²) in [6.07, 6.45) is 2.47. The molecule has 0 bridgehead atoms. The molecule has 1 aromatic heterocycles. The molecule has 0 atom stereocenters. The predicted octanol–water partition coefficient (Wildman–Crippen LogP) is 1.34. The van der Waals surface area contributed by atoms with E-state index in [1.807, 2.05) is 0 Å². The van der Waals surface area contributed by atoms with Crippen LogP contribution in [0, 0.1) is 6.92 Å². The van der Waals surface area contributed by atoms with Crippen molar-refractivity contribution in [3.8, 4) is 0 Å². The van der Waals surface area contributed by atoms with E-state index in [9.17, 15) is 16.7 Å². The van der Waals surface area contributed by atoms with Crippen molar-refractivity contribution in [2.45, 2.75) is 25.4 Å². The fraction of sp³-hybridized carbons (Fsp3) is 0.727. The van der Waals surface area contributed by atoms with Crippen molar-refractivity contribution in [3.63, 3.8) is 0 Å². The standard InChI is InChI=1S/C11H17F2N3O2S/c1-9-10(7-14-15(9)2)16(5-6-19(13,17)18)8-11(12)3-4-11/h7H,3-6,8H2,1-2H3. The second-order valence-electron chi connectivity index (χ2n) is 5.05. The first-order valence-corrected chi connectivity index (χ1v) is 7.60. The lowest BCUT2D eigenvalue weighted by Gasteiger charge is -2.25. The van der Waals surface area contributed by atoms with Crippen LogP contribution < -0.4 is 4.90 Å². The molecule has 0 unspecified atom stereocenters. The van der Waals surface area contributed by atoms with Crippen molar-refractivity contribution >= 4 is 15.9 Å². The Bertz CT molecular complexity index is 566. The summed E-state index contributed by atoms with van der Waals surface area (Å²) < 4.78 is 49.4. The Hall–Kier alpha value is -1.18. The molecule has 5 nitrogen and oxygen atoms in total. The van der Waals surface area contributed by atoms with Crippen LogP contribution in [0.25, 0.3) is 0 Å². The van der Waals surface area contributed by atoms with Gasteiger partial charge in [-0.15, -0.1) is 3.89 Å². The van der Waals surface area contributed by atoms with Gasteiger partial charge in [0.2, 0.25) is 0 Å². The van der Waals surface area contributed by atoms with E-state index in [0.717, 1.165) is 5.69 Å². The van der Waals surface area contributed by atoms with Crippen LogP contribution in [0.2, 0.25) is 0 Å². The Labute approximate surface area is 111 Å². The van der Waals surface area contributed by atoms with Gasteiger partial charge in [0.1, 0.15) is 5.67 Å². The number of hydrogen-bond donors (Lipinski definition) is 0. The summed E-state index contributed by atoms with van der Waals surface area (Å²) in [7, 11) is -2.82. The molecule has 0 N–H and O–H groups in total. The highest BCUT2D eigenvalue weighted by molar-refractivity contribution is 7.86. The third-order valence-electron chi connectivity index (χ3n) is 3.42. The smallest absolute Gasteiger partial charge is 0.304 e. The second kappa shape index (κ2) is 4.73. The Kier molecular flexibility index (Phi) is 3.55. The Balaban J connectivity index is 2.16. The van der Waals surface area contributed by atoms with Gasteiger partial charge >= 0.3 is 10.2 Å². The molecule has 2 rings (SSSR count). The van der Waals surface area contributed by atoms with Gasteiger partial charge < -0.3 is 4.90 Å². The molecule has 1 saturated carbocycles.